The van der Waals surface area contributed by atoms with E-state index in [1.54, 1.807) is 6.92 Å². The predicted molar refractivity (Wildman–Crippen MR) is 68.1 cm³/mol. The lowest BCUT2D eigenvalue weighted by Gasteiger charge is -2.24. The molecule has 0 aromatic rings. The Labute approximate surface area is 106 Å². The highest BCUT2D eigenvalue weighted by atomic mass is 32.2. The van der Waals surface area contributed by atoms with Crippen LogP contribution in [0.4, 0.5) is 0 Å². The van der Waals surface area contributed by atoms with E-state index >= 15 is 0 Å². The Kier molecular flexibility index (Phi) is 5.11. The maximum atomic E-state index is 11.3. The summed E-state index contributed by atoms with van der Waals surface area (Å²) in [4.78, 5) is 11.3. The molecule has 1 aliphatic heterocycles. The number of thioether (sulfide) groups is 1. The predicted octanol–water partition coefficient (Wildman–Crippen LogP) is 1.96. The first kappa shape index (κ1) is 13.7. The normalized spacial score (nSPS) is 19.2. The number of nitrogens with one attached hydrogen (secondary N) is 1. The average Bonchev–Trinajstić information content (AvgIpc) is 2.26. The van der Waals surface area contributed by atoms with Crippen LogP contribution >= 0.6 is 11.8 Å². The lowest BCUT2D eigenvalue weighted by atomic mass is 10.1. The van der Waals surface area contributed by atoms with Crippen LogP contribution < -0.4 is 5.32 Å². The number of rotatable bonds is 4. The third-order valence-electron chi connectivity index (χ3n) is 2.27. The summed E-state index contributed by atoms with van der Waals surface area (Å²) in [6, 6.07) is 2.18. The van der Waals surface area contributed by atoms with Gasteiger partial charge in [0, 0.05) is 5.70 Å². The molecule has 1 rings (SSSR count). The van der Waals surface area contributed by atoms with Crippen LogP contribution in [0, 0.1) is 11.3 Å². The van der Waals surface area contributed by atoms with Crippen molar-refractivity contribution in [1.29, 1.82) is 5.26 Å². The van der Waals surface area contributed by atoms with Gasteiger partial charge in [0.15, 0.2) is 0 Å². The second-order valence-corrected chi connectivity index (χ2v) is 4.77. The van der Waals surface area contributed by atoms with Gasteiger partial charge in [-0.15, -0.1) is 11.8 Å². The highest BCUT2D eigenvalue weighted by Crippen LogP contribution is 2.25. The van der Waals surface area contributed by atoms with Crippen LogP contribution in [0.15, 0.2) is 22.9 Å². The van der Waals surface area contributed by atoms with Gasteiger partial charge in [-0.2, -0.15) is 5.26 Å². The van der Waals surface area contributed by atoms with Crippen LogP contribution in [0.25, 0.3) is 0 Å². The number of nitrogens with zero attached hydrogens (tertiary/aromatic N) is 1. The summed E-state index contributed by atoms with van der Waals surface area (Å²) in [7, 11) is 0. The fraction of sp³-hybridized carbons (Fsp3) is 0.500. The topological polar surface area (TPSA) is 62.1 Å². The molecule has 1 heterocycles. The van der Waals surface area contributed by atoms with E-state index in [0.717, 1.165) is 11.3 Å². The van der Waals surface area contributed by atoms with E-state index in [-0.39, 0.29) is 17.1 Å². The molecule has 0 aromatic carbocycles. The molecule has 0 saturated heterocycles. The molecule has 1 unspecified atom stereocenters. The maximum Gasteiger partial charge on any atom is 0.315 e. The number of carbonyl (C=O) groups is 1. The Bertz CT molecular complexity index is 407. The van der Waals surface area contributed by atoms with Gasteiger partial charge >= 0.3 is 5.97 Å². The smallest absolute Gasteiger partial charge is 0.315 e. The van der Waals surface area contributed by atoms with Gasteiger partial charge in [-0.05, 0) is 32.4 Å². The molecule has 0 aliphatic carbocycles. The third-order valence-corrected chi connectivity index (χ3v) is 3.36. The first-order valence-corrected chi connectivity index (χ1v) is 6.46. The molecule has 0 bridgehead atoms. The van der Waals surface area contributed by atoms with Gasteiger partial charge in [-0.25, -0.2) is 0 Å². The molecule has 0 amide bonds. The molecule has 0 saturated carbocycles. The van der Waals surface area contributed by atoms with Crippen molar-refractivity contribution in [2.24, 2.45) is 0 Å². The Morgan fingerprint density at radius 1 is 1.65 bits per heavy atom. The average molecular weight is 252 g/mol. The highest BCUT2D eigenvalue weighted by Gasteiger charge is 2.21. The lowest BCUT2D eigenvalue weighted by Crippen LogP contribution is -2.30. The fourth-order valence-electron chi connectivity index (χ4n) is 1.56. The van der Waals surface area contributed by atoms with Gasteiger partial charge in [-0.3, -0.25) is 4.79 Å². The number of hydrogen-bond acceptors (Lipinski definition) is 5. The monoisotopic (exact) mass is 252 g/mol. The zero-order valence-electron chi connectivity index (χ0n) is 10.2. The quantitative estimate of drug-likeness (QED) is 0.775. The summed E-state index contributed by atoms with van der Waals surface area (Å²) in [5, 5.41) is 12.1. The Morgan fingerprint density at radius 3 is 2.94 bits per heavy atom. The Hall–Kier alpha value is -1.41. The van der Waals surface area contributed by atoms with E-state index in [2.05, 4.69) is 11.4 Å². The molecule has 5 heteroatoms. The van der Waals surface area contributed by atoms with Crippen LogP contribution in [0.5, 0.6) is 0 Å². The van der Waals surface area contributed by atoms with Crippen molar-refractivity contribution in [2.75, 3.05) is 12.4 Å². The molecule has 1 N–H and O–H groups in total. The number of allylic oxidation sites excluding steroid dienone is 3. The summed E-state index contributed by atoms with van der Waals surface area (Å²) in [6.45, 7) is 6.01. The SMILES string of the molecule is CCOC(=O)CSC1NC(C)=CC(C)=C1C#N. The molecule has 0 fully saturated rings. The molecular formula is C12H16N2O2S. The van der Waals surface area contributed by atoms with E-state index in [9.17, 15) is 4.79 Å². The van der Waals surface area contributed by atoms with Crippen molar-refractivity contribution in [2.45, 2.75) is 26.1 Å². The minimum atomic E-state index is -0.249. The molecule has 0 radical (unpaired) electrons. The highest BCUT2D eigenvalue weighted by molar-refractivity contribution is 8.00. The summed E-state index contributed by atoms with van der Waals surface area (Å²) < 4.78 is 4.85. The zero-order chi connectivity index (χ0) is 12.8. The summed E-state index contributed by atoms with van der Waals surface area (Å²) >= 11 is 1.38. The minimum absolute atomic E-state index is 0.158. The van der Waals surface area contributed by atoms with Crippen LogP contribution in [0.1, 0.15) is 20.8 Å². The Morgan fingerprint density at radius 2 is 2.35 bits per heavy atom. The number of esters is 1. The largest absolute Gasteiger partial charge is 0.465 e. The van der Waals surface area contributed by atoms with Crippen molar-refractivity contribution in [3.63, 3.8) is 0 Å². The second-order valence-electron chi connectivity index (χ2n) is 3.68. The van der Waals surface area contributed by atoms with Crippen molar-refractivity contribution in [3.05, 3.63) is 22.9 Å². The zero-order valence-corrected chi connectivity index (χ0v) is 11.1. The maximum absolute atomic E-state index is 11.3. The summed E-state index contributed by atoms with van der Waals surface area (Å²) in [5.74, 6) is -0.00139. The Balaban J connectivity index is 2.64. The van der Waals surface area contributed by atoms with E-state index < -0.39 is 0 Å². The molecule has 92 valence electrons. The third kappa shape index (κ3) is 3.82. The van der Waals surface area contributed by atoms with Gasteiger partial charge in [0.05, 0.1) is 24.0 Å². The van der Waals surface area contributed by atoms with E-state index in [1.807, 2.05) is 19.9 Å². The van der Waals surface area contributed by atoms with Crippen LogP contribution in [-0.2, 0) is 9.53 Å². The molecule has 0 spiro atoms. The minimum Gasteiger partial charge on any atom is -0.465 e. The number of nitriles is 1. The number of dihydropyridines is 1. The standard InChI is InChI=1S/C12H16N2O2S/c1-4-16-11(15)7-17-12-10(6-13)8(2)5-9(3)14-12/h5,12,14H,4,7H2,1-3H3. The number of carbonyl (C=O) groups excluding carboxylic acids is 1. The number of hydrogen-bond donors (Lipinski definition) is 1. The second kappa shape index (κ2) is 6.36. The first-order chi connectivity index (χ1) is 8.08. The van der Waals surface area contributed by atoms with Crippen LogP contribution in [0.3, 0.4) is 0 Å². The van der Waals surface area contributed by atoms with Gasteiger partial charge in [0.1, 0.15) is 5.37 Å². The van der Waals surface area contributed by atoms with Crippen molar-refractivity contribution >= 4 is 17.7 Å². The van der Waals surface area contributed by atoms with E-state index in [0.29, 0.717) is 12.2 Å². The number of ether oxygens (including phenoxy) is 1. The van der Waals surface area contributed by atoms with E-state index in [4.69, 9.17) is 10.00 Å². The molecular weight excluding hydrogens is 236 g/mol. The first-order valence-electron chi connectivity index (χ1n) is 5.41. The fourth-order valence-corrected chi connectivity index (χ4v) is 2.62. The molecule has 4 nitrogen and oxygen atoms in total. The molecule has 17 heavy (non-hydrogen) atoms. The summed E-state index contributed by atoms with van der Waals surface area (Å²) in [6.07, 6.45) is 1.93. The van der Waals surface area contributed by atoms with Crippen LogP contribution in [-0.4, -0.2) is 23.7 Å². The van der Waals surface area contributed by atoms with E-state index in [1.165, 1.54) is 11.8 Å². The van der Waals surface area contributed by atoms with Crippen molar-refractivity contribution in [1.82, 2.24) is 5.32 Å². The molecule has 1 aliphatic rings. The van der Waals surface area contributed by atoms with Gasteiger partial charge in [0.2, 0.25) is 0 Å². The van der Waals surface area contributed by atoms with Gasteiger partial charge < -0.3 is 10.1 Å². The van der Waals surface area contributed by atoms with Gasteiger partial charge in [-0.1, -0.05) is 0 Å². The lowest BCUT2D eigenvalue weighted by molar-refractivity contribution is -0.139. The van der Waals surface area contributed by atoms with Crippen LogP contribution in [0.2, 0.25) is 0 Å². The van der Waals surface area contributed by atoms with Crippen molar-refractivity contribution in [3.8, 4) is 6.07 Å². The van der Waals surface area contributed by atoms with Gasteiger partial charge in [0.25, 0.3) is 0 Å². The molecule has 1 atom stereocenters. The van der Waals surface area contributed by atoms with Crippen molar-refractivity contribution < 1.29 is 9.53 Å². The summed E-state index contributed by atoms with van der Waals surface area (Å²) in [5.41, 5.74) is 2.62. The molecule has 0 aromatic heterocycles.